The lowest BCUT2D eigenvalue weighted by atomic mass is 9.94. The van der Waals surface area contributed by atoms with E-state index in [9.17, 15) is 10.2 Å². The van der Waals surface area contributed by atoms with Crippen LogP contribution in [0.1, 0.15) is 25.7 Å². The minimum absolute atomic E-state index is 0.213. The molecular weight excluding hydrogens is 252 g/mol. The zero-order valence-electron chi connectivity index (χ0n) is 12.1. The van der Waals surface area contributed by atoms with E-state index in [1.54, 1.807) is 0 Å². The Morgan fingerprint density at radius 2 is 0.950 bits per heavy atom. The van der Waals surface area contributed by atoms with E-state index in [2.05, 4.69) is 34.1 Å². The maximum atomic E-state index is 10.1. The molecule has 4 atom stereocenters. The van der Waals surface area contributed by atoms with E-state index >= 15 is 0 Å². The highest BCUT2D eigenvalue weighted by Gasteiger charge is 2.33. The van der Waals surface area contributed by atoms with Crippen molar-refractivity contribution in [2.45, 2.75) is 50.0 Å². The molecule has 0 amide bonds. The highest BCUT2D eigenvalue weighted by Crippen LogP contribution is 2.23. The zero-order valence-corrected chi connectivity index (χ0v) is 12.1. The molecule has 20 heavy (non-hydrogen) atoms. The Bertz CT molecular complexity index is 339. The molecule has 0 saturated carbocycles. The van der Waals surface area contributed by atoms with Gasteiger partial charge in [0.25, 0.3) is 0 Å². The van der Waals surface area contributed by atoms with Crippen LogP contribution in [0.5, 0.6) is 0 Å². The lowest BCUT2D eigenvalue weighted by molar-refractivity contribution is -0.0162. The van der Waals surface area contributed by atoms with Gasteiger partial charge in [-0.2, -0.15) is 0 Å². The topological polar surface area (TPSA) is 46.9 Å². The summed E-state index contributed by atoms with van der Waals surface area (Å²) in [6.45, 7) is 4.01. The van der Waals surface area contributed by atoms with Crippen molar-refractivity contribution in [1.82, 2.24) is 9.80 Å². The van der Waals surface area contributed by atoms with Crippen LogP contribution >= 0.6 is 0 Å². The quantitative estimate of drug-likeness (QED) is 0.732. The molecule has 4 heteroatoms. The third-order valence-electron chi connectivity index (χ3n) is 5.02. The molecule has 0 aromatic carbocycles. The first kappa shape index (κ1) is 14.3. The van der Waals surface area contributed by atoms with Crippen molar-refractivity contribution in [3.05, 3.63) is 24.3 Å². The SMILES string of the molecule is OC1CC=CCC1N1CCN(C2CC=CCC2O)CC1. The summed E-state index contributed by atoms with van der Waals surface area (Å²) in [5, 5.41) is 20.2. The first-order valence-electron chi connectivity index (χ1n) is 7.90. The van der Waals surface area contributed by atoms with Gasteiger partial charge in [-0.1, -0.05) is 24.3 Å². The van der Waals surface area contributed by atoms with Crippen LogP contribution < -0.4 is 0 Å². The summed E-state index contributed by atoms with van der Waals surface area (Å²) in [5.74, 6) is 0. The smallest absolute Gasteiger partial charge is 0.0732 e. The van der Waals surface area contributed by atoms with E-state index in [1.165, 1.54) is 0 Å². The molecule has 0 radical (unpaired) electrons. The average Bonchev–Trinajstić information content (AvgIpc) is 2.49. The normalized spacial score (nSPS) is 40.1. The fourth-order valence-electron chi connectivity index (χ4n) is 3.76. The van der Waals surface area contributed by atoms with Crippen molar-refractivity contribution < 1.29 is 10.2 Å². The number of aliphatic hydroxyl groups excluding tert-OH is 2. The third kappa shape index (κ3) is 2.98. The molecule has 1 heterocycles. The second-order valence-corrected chi connectivity index (χ2v) is 6.23. The largest absolute Gasteiger partial charge is 0.391 e. The highest BCUT2D eigenvalue weighted by molar-refractivity contribution is 5.02. The number of hydrogen-bond acceptors (Lipinski definition) is 4. The molecule has 4 unspecified atom stereocenters. The predicted octanol–water partition coefficient (Wildman–Crippen LogP) is 0.763. The van der Waals surface area contributed by atoms with Gasteiger partial charge in [-0.05, 0) is 25.7 Å². The van der Waals surface area contributed by atoms with Gasteiger partial charge in [-0.25, -0.2) is 0 Å². The van der Waals surface area contributed by atoms with Crippen LogP contribution in [0, 0.1) is 0 Å². The second kappa shape index (κ2) is 6.39. The molecule has 1 saturated heterocycles. The Kier molecular flexibility index (Phi) is 4.56. The number of nitrogens with zero attached hydrogens (tertiary/aromatic N) is 2. The van der Waals surface area contributed by atoms with E-state index in [1.807, 2.05) is 0 Å². The van der Waals surface area contributed by atoms with Gasteiger partial charge in [0.2, 0.25) is 0 Å². The molecule has 2 aliphatic carbocycles. The maximum absolute atomic E-state index is 10.1. The van der Waals surface area contributed by atoms with Crippen LogP contribution in [0.4, 0.5) is 0 Å². The average molecular weight is 278 g/mol. The van der Waals surface area contributed by atoms with Crippen LogP contribution in [0.3, 0.4) is 0 Å². The number of hydrogen-bond donors (Lipinski definition) is 2. The van der Waals surface area contributed by atoms with E-state index in [4.69, 9.17) is 0 Å². The van der Waals surface area contributed by atoms with Crippen molar-refractivity contribution in [3.63, 3.8) is 0 Å². The summed E-state index contributed by atoms with van der Waals surface area (Å²) in [6, 6.07) is 0.580. The van der Waals surface area contributed by atoms with Gasteiger partial charge in [-0.3, -0.25) is 9.80 Å². The van der Waals surface area contributed by atoms with Crippen molar-refractivity contribution in [1.29, 1.82) is 0 Å². The zero-order chi connectivity index (χ0) is 13.9. The summed E-state index contributed by atoms with van der Waals surface area (Å²) < 4.78 is 0. The Balaban J connectivity index is 1.54. The Morgan fingerprint density at radius 3 is 1.30 bits per heavy atom. The molecule has 0 aromatic rings. The van der Waals surface area contributed by atoms with Gasteiger partial charge in [-0.15, -0.1) is 0 Å². The Morgan fingerprint density at radius 1 is 0.600 bits per heavy atom. The molecule has 0 aromatic heterocycles. The van der Waals surface area contributed by atoms with Crippen molar-refractivity contribution in [2.75, 3.05) is 26.2 Å². The Labute approximate surface area is 121 Å². The van der Waals surface area contributed by atoms with E-state index in [0.29, 0.717) is 12.1 Å². The van der Waals surface area contributed by atoms with Gasteiger partial charge >= 0.3 is 0 Å². The van der Waals surface area contributed by atoms with Gasteiger partial charge in [0.15, 0.2) is 0 Å². The van der Waals surface area contributed by atoms with Crippen molar-refractivity contribution >= 4 is 0 Å². The molecule has 1 fully saturated rings. The molecule has 0 spiro atoms. The van der Waals surface area contributed by atoms with Crippen molar-refractivity contribution in [3.8, 4) is 0 Å². The standard InChI is InChI=1S/C16H26N2O2/c19-15-7-3-1-5-13(15)17-9-11-18(12-10-17)14-6-2-4-8-16(14)20/h1-4,13-16,19-20H,5-12H2. The predicted molar refractivity (Wildman–Crippen MR) is 79.5 cm³/mol. The second-order valence-electron chi connectivity index (χ2n) is 6.23. The first-order chi connectivity index (χ1) is 9.75. The third-order valence-corrected chi connectivity index (χ3v) is 5.02. The van der Waals surface area contributed by atoms with Crippen LogP contribution in [0.25, 0.3) is 0 Å². The maximum Gasteiger partial charge on any atom is 0.0732 e. The fourth-order valence-corrected chi connectivity index (χ4v) is 3.76. The first-order valence-corrected chi connectivity index (χ1v) is 7.90. The summed E-state index contributed by atoms with van der Waals surface area (Å²) >= 11 is 0. The van der Waals surface area contributed by atoms with E-state index < -0.39 is 0 Å². The van der Waals surface area contributed by atoms with Gasteiger partial charge < -0.3 is 10.2 Å². The highest BCUT2D eigenvalue weighted by atomic mass is 16.3. The summed E-state index contributed by atoms with van der Waals surface area (Å²) in [7, 11) is 0. The van der Waals surface area contributed by atoms with Gasteiger partial charge in [0.1, 0.15) is 0 Å². The summed E-state index contributed by atoms with van der Waals surface area (Å²) in [5.41, 5.74) is 0. The number of piperazine rings is 1. The molecule has 0 bridgehead atoms. The number of aliphatic hydroxyl groups is 2. The fraction of sp³-hybridized carbons (Fsp3) is 0.750. The minimum atomic E-state index is -0.213. The molecule has 3 aliphatic rings. The molecular formula is C16H26N2O2. The molecule has 1 aliphatic heterocycles. The van der Waals surface area contributed by atoms with Crippen LogP contribution in [-0.2, 0) is 0 Å². The van der Waals surface area contributed by atoms with Crippen LogP contribution in [0.2, 0.25) is 0 Å². The van der Waals surface area contributed by atoms with E-state index in [0.717, 1.165) is 51.9 Å². The summed E-state index contributed by atoms with van der Waals surface area (Å²) in [6.07, 6.45) is 11.6. The van der Waals surface area contributed by atoms with Crippen molar-refractivity contribution in [2.24, 2.45) is 0 Å². The van der Waals surface area contributed by atoms with Crippen LogP contribution in [-0.4, -0.2) is 70.5 Å². The monoisotopic (exact) mass is 278 g/mol. The van der Waals surface area contributed by atoms with E-state index in [-0.39, 0.29) is 12.2 Å². The lowest BCUT2D eigenvalue weighted by Gasteiger charge is -2.45. The summed E-state index contributed by atoms with van der Waals surface area (Å²) in [4.78, 5) is 4.85. The number of rotatable bonds is 2. The van der Waals surface area contributed by atoms with Gasteiger partial charge in [0, 0.05) is 38.3 Å². The minimum Gasteiger partial charge on any atom is -0.391 e. The van der Waals surface area contributed by atoms with Gasteiger partial charge in [0.05, 0.1) is 12.2 Å². The molecule has 2 N–H and O–H groups in total. The molecule has 4 nitrogen and oxygen atoms in total. The Hall–Kier alpha value is -0.680. The lowest BCUT2D eigenvalue weighted by Crippen LogP contribution is -2.57. The molecule has 112 valence electrons. The van der Waals surface area contributed by atoms with Crippen LogP contribution in [0.15, 0.2) is 24.3 Å². The molecule has 3 rings (SSSR count).